The summed E-state index contributed by atoms with van der Waals surface area (Å²) < 4.78 is 0. The molecule has 108 valence electrons. The number of carbonyl (C=O) groups excluding carboxylic acids is 1. The van der Waals surface area contributed by atoms with E-state index in [9.17, 15) is 9.90 Å². The molecule has 0 aromatic heterocycles. The quantitative estimate of drug-likeness (QED) is 0.885. The van der Waals surface area contributed by atoms with Crippen LogP contribution in [-0.2, 0) is 10.2 Å². The largest absolute Gasteiger partial charge is 0.394 e. The SMILES string of the molecule is O=C(NC1(CO)CCCCC1)C1(c2ccccc2)CC1. The summed E-state index contributed by atoms with van der Waals surface area (Å²) in [5, 5.41) is 12.9. The minimum atomic E-state index is -0.375. The van der Waals surface area contributed by atoms with E-state index in [4.69, 9.17) is 0 Å². The third-order valence-corrected chi connectivity index (χ3v) is 5.00. The zero-order valence-electron chi connectivity index (χ0n) is 11.9. The highest BCUT2D eigenvalue weighted by atomic mass is 16.3. The van der Waals surface area contributed by atoms with E-state index in [1.807, 2.05) is 30.3 Å². The number of aliphatic hydroxyl groups excluding tert-OH is 1. The first kappa shape index (κ1) is 13.6. The van der Waals surface area contributed by atoms with Gasteiger partial charge < -0.3 is 10.4 Å². The van der Waals surface area contributed by atoms with Gasteiger partial charge in [-0.3, -0.25) is 4.79 Å². The Balaban J connectivity index is 1.76. The number of hydrogen-bond donors (Lipinski definition) is 2. The summed E-state index contributed by atoms with van der Waals surface area (Å²) in [6.45, 7) is 0.0591. The Kier molecular flexibility index (Phi) is 3.55. The zero-order chi connectivity index (χ0) is 14.1. The molecule has 0 saturated heterocycles. The van der Waals surface area contributed by atoms with Crippen molar-refractivity contribution in [1.29, 1.82) is 0 Å². The summed E-state index contributed by atoms with van der Waals surface area (Å²) in [5.74, 6) is 0.111. The number of nitrogens with one attached hydrogen (secondary N) is 1. The highest BCUT2D eigenvalue weighted by Crippen LogP contribution is 2.49. The van der Waals surface area contributed by atoms with Crippen LogP contribution in [0.3, 0.4) is 0 Å². The fraction of sp³-hybridized carbons (Fsp3) is 0.588. The van der Waals surface area contributed by atoms with Crippen LogP contribution < -0.4 is 5.32 Å². The second-order valence-electron chi connectivity index (χ2n) is 6.40. The highest BCUT2D eigenvalue weighted by Gasteiger charge is 2.52. The average Bonchev–Trinajstić information content (AvgIpc) is 3.31. The van der Waals surface area contributed by atoms with Crippen LogP contribution in [-0.4, -0.2) is 23.2 Å². The smallest absolute Gasteiger partial charge is 0.231 e. The second-order valence-corrected chi connectivity index (χ2v) is 6.40. The summed E-state index contributed by atoms with van der Waals surface area (Å²) >= 11 is 0. The summed E-state index contributed by atoms with van der Waals surface area (Å²) in [5.41, 5.74) is 0.405. The maximum atomic E-state index is 12.7. The van der Waals surface area contributed by atoms with Crippen LogP contribution in [0, 0.1) is 0 Å². The lowest BCUT2D eigenvalue weighted by molar-refractivity contribution is -0.126. The van der Waals surface area contributed by atoms with Gasteiger partial charge in [-0.1, -0.05) is 49.6 Å². The van der Waals surface area contributed by atoms with Gasteiger partial charge in [0.25, 0.3) is 0 Å². The Hall–Kier alpha value is -1.35. The van der Waals surface area contributed by atoms with Gasteiger partial charge in [-0.25, -0.2) is 0 Å². The lowest BCUT2D eigenvalue weighted by Gasteiger charge is -2.37. The topological polar surface area (TPSA) is 49.3 Å². The first-order chi connectivity index (χ1) is 9.71. The van der Waals surface area contributed by atoms with Crippen LogP contribution in [0.25, 0.3) is 0 Å². The van der Waals surface area contributed by atoms with Crippen LogP contribution in [0.4, 0.5) is 0 Å². The van der Waals surface area contributed by atoms with E-state index in [0.29, 0.717) is 0 Å². The van der Waals surface area contributed by atoms with Crippen LogP contribution in [0.5, 0.6) is 0 Å². The third kappa shape index (κ3) is 2.35. The molecule has 2 N–H and O–H groups in total. The molecule has 2 aliphatic carbocycles. The Morgan fingerprint density at radius 2 is 1.70 bits per heavy atom. The van der Waals surface area contributed by atoms with Gasteiger partial charge in [0.05, 0.1) is 17.6 Å². The molecule has 3 heteroatoms. The molecule has 20 heavy (non-hydrogen) atoms. The van der Waals surface area contributed by atoms with E-state index < -0.39 is 0 Å². The minimum Gasteiger partial charge on any atom is -0.394 e. The first-order valence-electron chi connectivity index (χ1n) is 7.70. The van der Waals surface area contributed by atoms with Crippen molar-refractivity contribution in [1.82, 2.24) is 5.32 Å². The Labute approximate surface area is 120 Å². The second kappa shape index (κ2) is 5.21. The third-order valence-electron chi connectivity index (χ3n) is 5.00. The lowest BCUT2D eigenvalue weighted by Crippen LogP contribution is -2.55. The zero-order valence-corrected chi connectivity index (χ0v) is 11.9. The summed E-state index contributed by atoms with van der Waals surface area (Å²) in [6, 6.07) is 10.0. The molecule has 0 heterocycles. The number of hydrogen-bond acceptors (Lipinski definition) is 2. The van der Waals surface area contributed by atoms with Gasteiger partial charge in [-0.15, -0.1) is 0 Å². The van der Waals surface area contributed by atoms with Crippen molar-refractivity contribution in [2.75, 3.05) is 6.61 Å². The molecule has 0 unspecified atom stereocenters. The van der Waals surface area contributed by atoms with Crippen molar-refractivity contribution >= 4 is 5.91 Å². The van der Waals surface area contributed by atoms with Crippen LogP contribution in [0.2, 0.25) is 0 Å². The number of amides is 1. The molecule has 0 aliphatic heterocycles. The summed E-state index contributed by atoms with van der Waals surface area (Å²) in [6.07, 6.45) is 7.05. The molecule has 0 spiro atoms. The predicted octanol–water partition coefficient (Wildman–Crippen LogP) is 2.53. The molecule has 3 rings (SSSR count). The molecule has 1 amide bonds. The van der Waals surface area contributed by atoms with Crippen LogP contribution in [0.15, 0.2) is 30.3 Å². The normalized spacial score (nSPS) is 23.1. The lowest BCUT2D eigenvalue weighted by atomic mass is 9.81. The van der Waals surface area contributed by atoms with E-state index >= 15 is 0 Å². The number of carbonyl (C=O) groups is 1. The van der Waals surface area contributed by atoms with Crippen molar-refractivity contribution in [3.63, 3.8) is 0 Å². The van der Waals surface area contributed by atoms with E-state index in [-0.39, 0.29) is 23.5 Å². The Morgan fingerprint density at radius 1 is 1.05 bits per heavy atom. The molecule has 0 bridgehead atoms. The van der Waals surface area contributed by atoms with Gasteiger partial charge in [0.15, 0.2) is 0 Å². The van der Waals surface area contributed by atoms with Crippen molar-refractivity contribution in [3.8, 4) is 0 Å². The molecule has 0 radical (unpaired) electrons. The van der Waals surface area contributed by atoms with Crippen molar-refractivity contribution in [2.45, 2.75) is 55.9 Å². The van der Waals surface area contributed by atoms with E-state index in [0.717, 1.165) is 44.1 Å². The number of benzene rings is 1. The van der Waals surface area contributed by atoms with Gasteiger partial charge in [0, 0.05) is 0 Å². The van der Waals surface area contributed by atoms with Crippen molar-refractivity contribution in [3.05, 3.63) is 35.9 Å². The summed E-state index contributed by atoms with van der Waals surface area (Å²) in [4.78, 5) is 12.7. The molecule has 2 fully saturated rings. The fourth-order valence-electron chi connectivity index (χ4n) is 3.44. The predicted molar refractivity (Wildman–Crippen MR) is 78.4 cm³/mol. The fourth-order valence-corrected chi connectivity index (χ4v) is 3.44. The van der Waals surface area contributed by atoms with E-state index in [1.54, 1.807) is 0 Å². The first-order valence-corrected chi connectivity index (χ1v) is 7.70. The minimum absolute atomic E-state index is 0.0591. The molecule has 1 aromatic rings. The van der Waals surface area contributed by atoms with Gasteiger partial charge in [-0.2, -0.15) is 0 Å². The maximum absolute atomic E-state index is 12.7. The van der Waals surface area contributed by atoms with Gasteiger partial charge in [-0.05, 0) is 31.2 Å². The van der Waals surface area contributed by atoms with E-state index in [2.05, 4.69) is 5.32 Å². The molecular weight excluding hydrogens is 250 g/mol. The highest BCUT2D eigenvalue weighted by molar-refractivity contribution is 5.91. The Morgan fingerprint density at radius 3 is 2.25 bits per heavy atom. The van der Waals surface area contributed by atoms with Crippen molar-refractivity contribution in [2.24, 2.45) is 0 Å². The van der Waals surface area contributed by atoms with Crippen LogP contribution in [0.1, 0.15) is 50.5 Å². The monoisotopic (exact) mass is 273 g/mol. The van der Waals surface area contributed by atoms with Gasteiger partial charge >= 0.3 is 0 Å². The van der Waals surface area contributed by atoms with Crippen molar-refractivity contribution < 1.29 is 9.90 Å². The maximum Gasteiger partial charge on any atom is 0.231 e. The Bertz CT molecular complexity index is 473. The molecular formula is C17H23NO2. The van der Waals surface area contributed by atoms with E-state index in [1.165, 1.54) is 6.42 Å². The molecule has 0 atom stereocenters. The standard InChI is InChI=1S/C17H23NO2/c19-13-16(9-5-2-6-10-16)18-15(20)17(11-12-17)14-7-3-1-4-8-14/h1,3-4,7-8,19H,2,5-6,9-13H2,(H,18,20). The molecule has 3 nitrogen and oxygen atoms in total. The average molecular weight is 273 g/mol. The van der Waals surface area contributed by atoms with Crippen LogP contribution >= 0.6 is 0 Å². The summed E-state index contributed by atoms with van der Waals surface area (Å²) in [7, 11) is 0. The molecule has 2 saturated carbocycles. The molecule has 2 aliphatic rings. The number of rotatable bonds is 4. The van der Waals surface area contributed by atoms with Gasteiger partial charge in [0.1, 0.15) is 0 Å². The van der Waals surface area contributed by atoms with Gasteiger partial charge in [0.2, 0.25) is 5.91 Å². The number of aliphatic hydroxyl groups is 1. The molecule has 1 aromatic carbocycles.